The van der Waals surface area contributed by atoms with Gasteiger partial charge >= 0.3 is 18.2 Å². The van der Waals surface area contributed by atoms with Crippen LogP contribution in [0.5, 0.6) is 0 Å². The molecule has 0 unspecified atom stereocenters. The van der Waals surface area contributed by atoms with Crippen LogP contribution in [0.3, 0.4) is 0 Å². The zero-order chi connectivity index (χ0) is 22.1. The number of nitrogens with one attached hydrogen (secondary N) is 2. The third kappa shape index (κ3) is 4.50. The molecule has 12 heteroatoms. The maximum absolute atomic E-state index is 12.9. The summed E-state index contributed by atoms with van der Waals surface area (Å²) in [7, 11) is 0. The molecule has 30 heavy (non-hydrogen) atoms. The quantitative estimate of drug-likeness (QED) is 0.533. The molecule has 0 bridgehead atoms. The van der Waals surface area contributed by atoms with Gasteiger partial charge in [0.1, 0.15) is 12.1 Å². The molecule has 8 nitrogen and oxygen atoms in total. The maximum atomic E-state index is 12.9. The van der Waals surface area contributed by atoms with E-state index in [0.717, 1.165) is 29.9 Å². The second-order valence-corrected chi connectivity index (χ2v) is 7.42. The van der Waals surface area contributed by atoms with Crippen LogP contribution in [0.25, 0.3) is 0 Å². The van der Waals surface area contributed by atoms with Crippen molar-refractivity contribution in [3.63, 3.8) is 0 Å². The highest BCUT2D eigenvalue weighted by Crippen LogP contribution is 2.36. The first kappa shape index (κ1) is 21.9. The Morgan fingerprint density at radius 1 is 1.23 bits per heavy atom. The van der Waals surface area contributed by atoms with E-state index in [-0.39, 0.29) is 5.69 Å². The number of hydrogen-bond acceptors (Lipinski definition) is 5. The van der Waals surface area contributed by atoms with Gasteiger partial charge in [0.25, 0.3) is 11.8 Å². The lowest BCUT2D eigenvalue weighted by Gasteiger charge is -2.19. The molecule has 1 aliphatic heterocycles. The molecule has 1 aromatic carbocycles. The van der Waals surface area contributed by atoms with Crippen LogP contribution >= 0.6 is 11.6 Å². The molecule has 0 aromatic heterocycles. The fourth-order valence-electron chi connectivity index (χ4n) is 3.48. The summed E-state index contributed by atoms with van der Waals surface area (Å²) in [5.41, 5.74) is -2.29. The van der Waals surface area contributed by atoms with Crippen LogP contribution < -0.4 is 10.6 Å². The number of anilines is 1. The van der Waals surface area contributed by atoms with E-state index in [0.29, 0.717) is 18.9 Å². The van der Waals surface area contributed by atoms with Gasteiger partial charge < -0.3 is 15.4 Å². The fraction of sp³-hybridized carbons (Fsp3) is 0.444. The van der Waals surface area contributed by atoms with Gasteiger partial charge in [0.2, 0.25) is 0 Å². The van der Waals surface area contributed by atoms with E-state index in [1.165, 1.54) is 0 Å². The molecule has 0 radical (unpaired) electrons. The monoisotopic (exact) mass is 447 g/mol. The summed E-state index contributed by atoms with van der Waals surface area (Å²) < 4.78 is 43.3. The topological polar surface area (TPSA) is 105 Å². The highest BCUT2D eigenvalue weighted by molar-refractivity contribution is 6.31. The predicted molar refractivity (Wildman–Crippen MR) is 97.5 cm³/mol. The lowest BCUT2D eigenvalue weighted by Crippen LogP contribution is -2.44. The molecule has 3 rings (SSSR count). The average molecular weight is 448 g/mol. The molecule has 1 saturated carbocycles. The summed E-state index contributed by atoms with van der Waals surface area (Å²) in [5.74, 6) is -2.41. The van der Waals surface area contributed by atoms with E-state index in [1.54, 1.807) is 0 Å². The number of amides is 4. The molecule has 1 spiro atoms. The van der Waals surface area contributed by atoms with Gasteiger partial charge in [0, 0.05) is 5.69 Å². The van der Waals surface area contributed by atoms with E-state index >= 15 is 0 Å². The van der Waals surface area contributed by atoms with Crippen molar-refractivity contribution in [2.24, 2.45) is 0 Å². The summed E-state index contributed by atoms with van der Waals surface area (Å²) in [5, 5.41) is 4.23. The van der Waals surface area contributed by atoms with Gasteiger partial charge in [0.15, 0.2) is 6.61 Å². The summed E-state index contributed by atoms with van der Waals surface area (Å²) in [6, 6.07) is 2.08. The fourth-order valence-corrected chi connectivity index (χ4v) is 3.70. The Bertz CT molecular complexity index is 900. The first-order valence-corrected chi connectivity index (χ1v) is 9.36. The van der Waals surface area contributed by atoms with Crippen molar-refractivity contribution >= 4 is 41.1 Å². The number of imide groups is 1. The number of alkyl halides is 3. The van der Waals surface area contributed by atoms with Gasteiger partial charge in [0.05, 0.1) is 10.6 Å². The van der Waals surface area contributed by atoms with Crippen LogP contribution in [0.1, 0.15) is 31.2 Å². The van der Waals surface area contributed by atoms with Gasteiger partial charge in [-0.1, -0.05) is 24.4 Å². The normalized spacial score (nSPS) is 17.9. The first-order chi connectivity index (χ1) is 14.0. The molecule has 1 heterocycles. The minimum atomic E-state index is -4.70. The molecule has 0 atom stereocenters. The summed E-state index contributed by atoms with van der Waals surface area (Å²) in [6.07, 6.45) is -2.15. The van der Waals surface area contributed by atoms with Crippen LogP contribution in [0.2, 0.25) is 5.02 Å². The Hall–Kier alpha value is -2.82. The van der Waals surface area contributed by atoms with E-state index in [1.807, 2.05) is 0 Å². The standard InChI is InChI=1S/C18H17ClF3N3O5/c19-12-4-3-10(7-11(12)18(20,21)22)23-13(26)9-30-14(27)8-25-15(28)17(24-16(25)29)5-1-2-6-17/h3-4,7H,1-2,5-6,8-9H2,(H,23,26)(H,24,29). The largest absolute Gasteiger partial charge is 0.454 e. The zero-order valence-corrected chi connectivity index (χ0v) is 16.2. The van der Waals surface area contributed by atoms with Crippen molar-refractivity contribution in [3.8, 4) is 0 Å². The highest BCUT2D eigenvalue weighted by atomic mass is 35.5. The van der Waals surface area contributed by atoms with Gasteiger partial charge in [-0.15, -0.1) is 0 Å². The molecule has 2 fully saturated rings. The lowest BCUT2D eigenvalue weighted by molar-refractivity contribution is -0.150. The summed E-state index contributed by atoms with van der Waals surface area (Å²) in [4.78, 5) is 49.0. The molecular weight excluding hydrogens is 431 g/mol. The molecule has 4 amide bonds. The Labute approximate surface area is 173 Å². The van der Waals surface area contributed by atoms with Crippen LogP contribution in [-0.4, -0.2) is 47.4 Å². The second-order valence-electron chi connectivity index (χ2n) is 7.01. The number of halogens is 4. The number of hydrogen-bond donors (Lipinski definition) is 2. The number of rotatable bonds is 5. The van der Waals surface area contributed by atoms with Crippen LogP contribution in [0.4, 0.5) is 23.7 Å². The highest BCUT2D eigenvalue weighted by Gasteiger charge is 2.52. The van der Waals surface area contributed by atoms with Crippen LogP contribution in [0.15, 0.2) is 18.2 Å². The van der Waals surface area contributed by atoms with Gasteiger partial charge in [-0.25, -0.2) is 4.79 Å². The van der Waals surface area contributed by atoms with Gasteiger partial charge in [-0.3, -0.25) is 19.3 Å². The predicted octanol–water partition coefficient (Wildman–Crippen LogP) is 2.71. The van der Waals surface area contributed by atoms with Gasteiger partial charge in [-0.2, -0.15) is 13.2 Å². The Balaban J connectivity index is 1.52. The third-order valence-corrected chi connectivity index (χ3v) is 5.24. The van der Waals surface area contributed by atoms with Crippen molar-refractivity contribution in [1.29, 1.82) is 0 Å². The first-order valence-electron chi connectivity index (χ1n) is 8.98. The van der Waals surface area contributed by atoms with Crippen LogP contribution in [0, 0.1) is 0 Å². The number of nitrogens with zero attached hydrogens (tertiary/aromatic N) is 1. The maximum Gasteiger partial charge on any atom is 0.417 e. The molecule has 1 aliphatic carbocycles. The molecule has 1 saturated heterocycles. The van der Waals surface area contributed by atoms with Crippen molar-refractivity contribution in [2.75, 3.05) is 18.5 Å². The number of ether oxygens (including phenoxy) is 1. The smallest absolute Gasteiger partial charge is 0.417 e. The molecular formula is C18H17ClF3N3O5. The Kier molecular flexibility index (Phi) is 5.93. The van der Waals surface area contributed by atoms with Crippen molar-refractivity contribution in [3.05, 3.63) is 28.8 Å². The molecule has 162 valence electrons. The minimum Gasteiger partial charge on any atom is -0.454 e. The Morgan fingerprint density at radius 2 is 1.90 bits per heavy atom. The number of benzene rings is 1. The van der Waals surface area contributed by atoms with Gasteiger partial charge in [-0.05, 0) is 31.0 Å². The number of carbonyl (C=O) groups excluding carboxylic acids is 4. The van der Waals surface area contributed by atoms with E-state index in [9.17, 15) is 32.3 Å². The van der Waals surface area contributed by atoms with Crippen LogP contribution in [-0.2, 0) is 25.3 Å². The minimum absolute atomic E-state index is 0.190. The molecule has 1 aromatic rings. The van der Waals surface area contributed by atoms with Crippen molar-refractivity contribution < 1.29 is 37.1 Å². The number of carbonyl (C=O) groups is 4. The summed E-state index contributed by atoms with van der Waals surface area (Å²) in [6.45, 7) is -1.48. The Morgan fingerprint density at radius 3 is 2.53 bits per heavy atom. The summed E-state index contributed by atoms with van der Waals surface area (Å²) >= 11 is 5.50. The lowest BCUT2D eigenvalue weighted by atomic mass is 9.98. The molecule has 2 N–H and O–H groups in total. The van der Waals surface area contributed by atoms with Crippen molar-refractivity contribution in [2.45, 2.75) is 37.4 Å². The van der Waals surface area contributed by atoms with E-state index < -0.39 is 59.3 Å². The zero-order valence-electron chi connectivity index (χ0n) is 15.5. The van der Waals surface area contributed by atoms with E-state index in [2.05, 4.69) is 10.6 Å². The third-order valence-electron chi connectivity index (χ3n) is 4.91. The molecule has 2 aliphatic rings. The average Bonchev–Trinajstić information content (AvgIpc) is 3.21. The second kappa shape index (κ2) is 8.13. The number of urea groups is 1. The van der Waals surface area contributed by atoms with E-state index in [4.69, 9.17) is 16.3 Å². The SMILES string of the molecule is O=C(COC(=O)CN1C(=O)NC2(CCCC2)C1=O)Nc1ccc(Cl)c(C(F)(F)F)c1. The van der Waals surface area contributed by atoms with Crippen molar-refractivity contribution in [1.82, 2.24) is 10.2 Å². The number of esters is 1.